The number of likely N-dealkylation sites (tertiary alicyclic amines) is 1. The first-order valence-corrected chi connectivity index (χ1v) is 17.1. The molecule has 0 aromatic heterocycles. The number of benzene rings is 1. The molecule has 0 spiro atoms. The van der Waals surface area contributed by atoms with Crippen LogP contribution in [0.5, 0.6) is 0 Å². The van der Waals surface area contributed by atoms with Crippen molar-refractivity contribution < 1.29 is 33.6 Å². The summed E-state index contributed by atoms with van der Waals surface area (Å²) in [5.74, 6) is -1.45. The second kappa shape index (κ2) is 19.5. The average Bonchev–Trinajstić information content (AvgIpc) is 3.57. The molecule has 0 bridgehead atoms. The van der Waals surface area contributed by atoms with Gasteiger partial charge in [0.1, 0.15) is 0 Å². The quantitative estimate of drug-likeness (QED) is 0.170. The Morgan fingerprint density at radius 3 is 2.29 bits per heavy atom. The molecular formula is C35H58N6O8. The van der Waals surface area contributed by atoms with Crippen molar-refractivity contribution in [2.45, 2.75) is 90.1 Å². The molecule has 49 heavy (non-hydrogen) atoms. The summed E-state index contributed by atoms with van der Waals surface area (Å²) in [7, 11) is 10.0. The van der Waals surface area contributed by atoms with Crippen LogP contribution in [0.3, 0.4) is 0 Å². The van der Waals surface area contributed by atoms with Crippen molar-refractivity contribution in [2.75, 3.05) is 62.0 Å². The molecule has 7 atom stereocenters. The number of likely N-dealkylation sites (N-methyl/N-ethyl adjacent to an activating group) is 3. The Balaban J connectivity index is 2.15. The molecule has 0 saturated carbocycles. The fourth-order valence-electron chi connectivity index (χ4n) is 6.63. The maximum atomic E-state index is 14.0. The maximum absolute atomic E-state index is 14.0. The Kier molecular flexibility index (Phi) is 16.6. The van der Waals surface area contributed by atoms with E-state index in [1.807, 2.05) is 13.8 Å². The third-order valence-electron chi connectivity index (χ3n) is 10.1. The maximum Gasteiger partial charge on any atom is 0.272 e. The third-order valence-corrected chi connectivity index (χ3v) is 10.1. The summed E-state index contributed by atoms with van der Waals surface area (Å²) in [5, 5.41) is 14.1. The van der Waals surface area contributed by atoms with Gasteiger partial charge < -0.3 is 29.5 Å². The molecule has 7 unspecified atom stereocenters. The lowest BCUT2D eigenvalue weighted by Gasteiger charge is -2.39. The van der Waals surface area contributed by atoms with E-state index in [1.54, 1.807) is 79.8 Å². The lowest BCUT2D eigenvalue weighted by molar-refractivity contribution is -0.385. The number of para-hydroxylation sites is 1. The van der Waals surface area contributed by atoms with Crippen LogP contribution in [0.4, 0.5) is 5.69 Å². The van der Waals surface area contributed by atoms with Crippen molar-refractivity contribution in [1.82, 2.24) is 24.9 Å². The first-order valence-electron chi connectivity index (χ1n) is 17.1. The first kappa shape index (κ1) is 41.6. The Bertz CT molecular complexity index is 1280. The molecule has 1 aromatic carbocycles. The number of amides is 4. The number of nitrogens with zero attached hydrogens (tertiary/aromatic N) is 5. The van der Waals surface area contributed by atoms with Gasteiger partial charge in [-0.15, -0.1) is 0 Å². The molecule has 14 heteroatoms. The number of hydrogen-bond donors (Lipinski definition) is 1. The molecule has 276 valence electrons. The van der Waals surface area contributed by atoms with Gasteiger partial charge in [-0.25, -0.2) is 0 Å². The lowest BCUT2D eigenvalue weighted by Crippen LogP contribution is -2.54. The van der Waals surface area contributed by atoms with Crippen LogP contribution in [0.1, 0.15) is 58.9 Å². The molecule has 1 N–H and O–H groups in total. The largest absolute Gasteiger partial charge is 0.379 e. The molecule has 4 amide bonds. The highest BCUT2D eigenvalue weighted by atomic mass is 16.6. The Hall–Kier alpha value is -3.62. The Labute approximate surface area is 291 Å². The van der Waals surface area contributed by atoms with Gasteiger partial charge in [-0.1, -0.05) is 45.4 Å². The average molecular weight is 691 g/mol. The van der Waals surface area contributed by atoms with E-state index in [-0.39, 0.29) is 60.8 Å². The number of nitro benzene ring substituents is 1. The highest BCUT2D eigenvalue weighted by Crippen LogP contribution is 2.30. The standard InChI is InChI=1S/C35H58N6O8/c1-11-23(2)32(39(8)31(43)22-36-34(44)25(4)37(5)6)29(48-9)21-30(42)40-19-14-17-28(40)33(49-10)24(3)35(45)38(7)20-18-26-15-12-13-16-27(26)41(46)47/h12-13,15-16,23-25,28-29,32-33H,11,14,17-22H2,1-10H3,(H,36,44). The van der Waals surface area contributed by atoms with Gasteiger partial charge >= 0.3 is 0 Å². The number of ether oxygens (including phenoxy) is 2. The van der Waals surface area contributed by atoms with Crippen LogP contribution in [0, 0.1) is 22.0 Å². The topological polar surface area (TPSA) is 155 Å². The normalized spacial score (nSPS) is 18.3. The van der Waals surface area contributed by atoms with Crippen LogP contribution in [0.25, 0.3) is 0 Å². The third kappa shape index (κ3) is 10.9. The fraction of sp³-hybridized carbons (Fsp3) is 0.714. The summed E-state index contributed by atoms with van der Waals surface area (Å²) in [5.41, 5.74) is 0.572. The van der Waals surface area contributed by atoms with Crippen molar-refractivity contribution in [1.29, 1.82) is 0 Å². The van der Waals surface area contributed by atoms with Gasteiger partial charge in [0.25, 0.3) is 5.69 Å². The molecule has 1 heterocycles. The zero-order valence-electron chi connectivity index (χ0n) is 31.0. The molecule has 1 fully saturated rings. The summed E-state index contributed by atoms with van der Waals surface area (Å²) >= 11 is 0. The van der Waals surface area contributed by atoms with Crippen LogP contribution in [-0.2, 0) is 35.1 Å². The molecule has 2 rings (SSSR count). The van der Waals surface area contributed by atoms with Crippen molar-refractivity contribution in [3.8, 4) is 0 Å². The minimum Gasteiger partial charge on any atom is -0.379 e. The number of hydrogen-bond acceptors (Lipinski definition) is 9. The van der Waals surface area contributed by atoms with Crippen molar-refractivity contribution in [3.05, 3.63) is 39.9 Å². The Morgan fingerprint density at radius 1 is 1.06 bits per heavy atom. The van der Waals surface area contributed by atoms with Crippen LogP contribution >= 0.6 is 0 Å². The van der Waals surface area contributed by atoms with Crippen LogP contribution in [0.15, 0.2) is 24.3 Å². The number of methoxy groups -OCH3 is 2. The summed E-state index contributed by atoms with van der Waals surface area (Å²) < 4.78 is 11.8. The van der Waals surface area contributed by atoms with E-state index in [1.165, 1.54) is 20.3 Å². The van der Waals surface area contributed by atoms with Crippen molar-refractivity contribution >= 4 is 29.3 Å². The number of rotatable bonds is 19. The van der Waals surface area contributed by atoms with Crippen molar-refractivity contribution in [2.24, 2.45) is 11.8 Å². The summed E-state index contributed by atoms with van der Waals surface area (Å²) in [4.78, 5) is 70.9. The summed E-state index contributed by atoms with van der Waals surface area (Å²) in [6.45, 7) is 8.19. The van der Waals surface area contributed by atoms with Gasteiger partial charge in [-0.3, -0.25) is 34.2 Å². The fourth-order valence-corrected chi connectivity index (χ4v) is 6.63. The van der Waals surface area contributed by atoms with Crippen LogP contribution < -0.4 is 5.32 Å². The molecule has 1 aromatic rings. The highest BCUT2D eigenvalue weighted by Gasteiger charge is 2.42. The van der Waals surface area contributed by atoms with Gasteiger partial charge in [-0.05, 0) is 46.2 Å². The second-order valence-electron chi connectivity index (χ2n) is 13.4. The van der Waals surface area contributed by atoms with Gasteiger partial charge in [0.15, 0.2) is 0 Å². The number of nitro groups is 1. The predicted molar refractivity (Wildman–Crippen MR) is 187 cm³/mol. The zero-order chi connectivity index (χ0) is 37.0. The monoisotopic (exact) mass is 690 g/mol. The van der Waals surface area contributed by atoms with E-state index in [0.29, 0.717) is 24.9 Å². The molecule has 0 radical (unpaired) electrons. The first-order chi connectivity index (χ1) is 23.1. The predicted octanol–water partition coefficient (Wildman–Crippen LogP) is 2.58. The van der Waals surface area contributed by atoms with E-state index in [2.05, 4.69) is 5.32 Å². The molecule has 1 aliphatic rings. The highest BCUT2D eigenvalue weighted by molar-refractivity contribution is 5.87. The molecule has 0 aliphatic carbocycles. The Morgan fingerprint density at radius 2 is 1.71 bits per heavy atom. The van der Waals surface area contributed by atoms with Gasteiger partial charge in [0.05, 0.1) is 54.1 Å². The van der Waals surface area contributed by atoms with Gasteiger partial charge in [-0.2, -0.15) is 0 Å². The molecule has 1 aliphatic heterocycles. The van der Waals surface area contributed by atoms with E-state index >= 15 is 0 Å². The van der Waals surface area contributed by atoms with E-state index in [4.69, 9.17) is 9.47 Å². The lowest BCUT2D eigenvalue weighted by atomic mass is 9.90. The second-order valence-corrected chi connectivity index (χ2v) is 13.4. The van der Waals surface area contributed by atoms with Crippen LogP contribution in [0.2, 0.25) is 0 Å². The zero-order valence-corrected chi connectivity index (χ0v) is 31.0. The van der Waals surface area contributed by atoms with E-state index in [0.717, 1.165) is 12.8 Å². The smallest absolute Gasteiger partial charge is 0.272 e. The van der Waals surface area contributed by atoms with Crippen molar-refractivity contribution in [3.63, 3.8) is 0 Å². The minimum atomic E-state index is -0.609. The van der Waals surface area contributed by atoms with Gasteiger partial charge in [0, 0.05) is 53.0 Å². The molecule has 14 nitrogen and oxygen atoms in total. The SMILES string of the molecule is CCC(C)C(C(CC(=O)N1CCCC1C(OC)C(C)C(=O)N(C)CCc1ccccc1[N+](=O)[O-])OC)N(C)C(=O)CNC(=O)C(C)N(C)C. The number of carbonyl (C=O) groups excluding carboxylic acids is 4. The van der Waals surface area contributed by atoms with E-state index < -0.39 is 35.1 Å². The summed E-state index contributed by atoms with van der Waals surface area (Å²) in [6, 6.07) is 5.34. The van der Waals surface area contributed by atoms with Crippen LogP contribution in [-0.4, -0.2) is 141 Å². The molecular weight excluding hydrogens is 632 g/mol. The summed E-state index contributed by atoms with van der Waals surface area (Å²) in [6.07, 6.45) is 1.32. The van der Waals surface area contributed by atoms with E-state index in [9.17, 15) is 29.3 Å². The minimum absolute atomic E-state index is 0.00491. The number of nitrogens with one attached hydrogen (secondary N) is 1. The number of carbonyl (C=O) groups is 4. The molecule has 1 saturated heterocycles. The van der Waals surface area contributed by atoms with Gasteiger partial charge in [0.2, 0.25) is 23.6 Å².